The van der Waals surface area contributed by atoms with Crippen LogP contribution in [0.2, 0.25) is 0 Å². The molecule has 0 fully saturated rings. The number of hydrogen-bond donors (Lipinski definition) is 1. The molecule has 0 saturated carbocycles. The molecule has 18 heavy (non-hydrogen) atoms. The van der Waals surface area contributed by atoms with Gasteiger partial charge < -0.3 is 15.2 Å². The van der Waals surface area contributed by atoms with Crippen LogP contribution >= 0.6 is 0 Å². The second-order valence-electron chi connectivity index (χ2n) is 4.27. The smallest absolute Gasteiger partial charge is 0.162 e. The highest BCUT2D eigenvalue weighted by molar-refractivity contribution is 5.82. The number of benzene rings is 1. The maximum absolute atomic E-state index is 5.67. The molecule has 0 aliphatic carbocycles. The van der Waals surface area contributed by atoms with Gasteiger partial charge in [-0.15, -0.1) is 0 Å². The molecule has 0 bridgehead atoms. The van der Waals surface area contributed by atoms with E-state index in [4.69, 9.17) is 15.2 Å². The fourth-order valence-electron chi connectivity index (χ4n) is 1.86. The Bertz CT molecular complexity index is 555. The zero-order valence-electron chi connectivity index (χ0n) is 10.9. The van der Waals surface area contributed by atoms with Crippen molar-refractivity contribution in [3.63, 3.8) is 0 Å². The van der Waals surface area contributed by atoms with E-state index in [1.807, 2.05) is 24.3 Å². The number of fused-ring (bicyclic) bond motifs is 1. The highest BCUT2D eigenvalue weighted by Gasteiger charge is 2.09. The van der Waals surface area contributed by atoms with Gasteiger partial charge in [0, 0.05) is 29.6 Å². The van der Waals surface area contributed by atoms with Crippen molar-refractivity contribution < 1.29 is 9.47 Å². The van der Waals surface area contributed by atoms with Gasteiger partial charge >= 0.3 is 0 Å². The monoisotopic (exact) mass is 246 g/mol. The minimum atomic E-state index is 0.252. The van der Waals surface area contributed by atoms with Gasteiger partial charge in [0.05, 0.1) is 19.7 Å². The van der Waals surface area contributed by atoms with Crippen LogP contribution in [0.1, 0.15) is 18.5 Å². The lowest BCUT2D eigenvalue weighted by Gasteiger charge is -2.11. The molecule has 0 aliphatic rings. The lowest BCUT2D eigenvalue weighted by molar-refractivity contribution is 0.356. The van der Waals surface area contributed by atoms with Crippen LogP contribution in [0.25, 0.3) is 10.9 Å². The van der Waals surface area contributed by atoms with Gasteiger partial charge in [-0.1, -0.05) is 13.0 Å². The average molecular weight is 246 g/mol. The SMILES string of the molecule is COc1cc2ccc(C(C)CN)nc2cc1OC. The Morgan fingerprint density at radius 1 is 1.17 bits per heavy atom. The largest absolute Gasteiger partial charge is 0.493 e. The van der Waals surface area contributed by atoms with Gasteiger partial charge in [0.2, 0.25) is 0 Å². The van der Waals surface area contributed by atoms with E-state index < -0.39 is 0 Å². The number of methoxy groups -OCH3 is 2. The summed E-state index contributed by atoms with van der Waals surface area (Å²) in [6, 6.07) is 7.86. The van der Waals surface area contributed by atoms with Crippen molar-refractivity contribution in [2.24, 2.45) is 5.73 Å². The second-order valence-corrected chi connectivity index (χ2v) is 4.27. The summed E-state index contributed by atoms with van der Waals surface area (Å²) in [5.74, 6) is 1.66. The molecule has 0 radical (unpaired) electrons. The molecule has 0 amide bonds. The highest BCUT2D eigenvalue weighted by atomic mass is 16.5. The molecular weight excluding hydrogens is 228 g/mol. The molecule has 4 heteroatoms. The summed E-state index contributed by atoms with van der Waals surface area (Å²) in [7, 11) is 3.25. The minimum Gasteiger partial charge on any atom is -0.493 e. The van der Waals surface area contributed by atoms with Crippen molar-refractivity contribution in [1.82, 2.24) is 4.98 Å². The first kappa shape index (κ1) is 12.6. The lowest BCUT2D eigenvalue weighted by Crippen LogP contribution is -2.10. The van der Waals surface area contributed by atoms with E-state index in [-0.39, 0.29) is 5.92 Å². The van der Waals surface area contributed by atoms with Crippen LogP contribution in [0.3, 0.4) is 0 Å². The Balaban J connectivity index is 2.56. The molecule has 4 nitrogen and oxygen atoms in total. The third kappa shape index (κ3) is 2.24. The van der Waals surface area contributed by atoms with Crippen molar-refractivity contribution in [2.45, 2.75) is 12.8 Å². The molecule has 1 atom stereocenters. The first-order chi connectivity index (χ1) is 8.69. The summed E-state index contributed by atoms with van der Waals surface area (Å²) in [5.41, 5.74) is 7.56. The molecule has 2 rings (SSSR count). The number of nitrogens with zero attached hydrogens (tertiary/aromatic N) is 1. The zero-order chi connectivity index (χ0) is 13.1. The topological polar surface area (TPSA) is 57.4 Å². The van der Waals surface area contributed by atoms with Crippen molar-refractivity contribution in [1.29, 1.82) is 0 Å². The molecule has 2 N–H and O–H groups in total. The number of ether oxygens (including phenoxy) is 2. The molecule has 2 aromatic rings. The second kappa shape index (κ2) is 5.23. The average Bonchev–Trinajstić information content (AvgIpc) is 2.44. The quantitative estimate of drug-likeness (QED) is 0.899. The Hall–Kier alpha value is -1.81. The van der Waals surface area contributed by atoms with Crippen molar-refractivity contribution >= 4 is 10.9 Å². The first-order valence-electron chi connectivity index (χ1n) is 5.92. The molecule has 0 spiro atoms. The molecule has 0 aliphatic heterocycles. The molecule has 1 aromatic heterocycles. The number of pyridine rings is 1. The highest BCUT2D eigenvalue weighted by Crippen LogP contribution is 2.31. The van der Waals surface area contributed by atoms with Gasteiger partial charge in [-0.2, -0.15) is 0 Å². The predicted molar refractivity (Wildman–Crippen MR) is 72.3 cm³/mol. The van der Waals surface area contributed by atoms with Crippen LogP contribution in [0.15, 0.2) is 24.3 Å². The van der Waals surface area contributed by atoms with Crippen LogP contribution in [0.5, 0.6) is 11.5 Å². The fourth-order valence-corrected chi connectivity index (χ4v) is 1.86. The van der Waals surface area contributed by atoms with E-state index >= 15 is 0 Å². The summed E-state index contributed by atoms with van der Waals surface area (Å²) in [6.45, 7) is 2.65. The number of hydrogen-bond acceptors (Lipinski definition) is 4. The lowest BCUT2D eigenvalue weighted by atomic mass is 10.1. The molecule has 1 unspecified atom stereocenters. The summed E-state index contributed by atoms with van der Waals surface area (Å²) in [4.78, 5) is 4.61. The molecule has 0 saturated heterocycles. The van der Waals surface area contributed by atoms with E-state index in [2.05, 4.69) is 11.9 Å². The zero-order valence-corrected chi connectivity index (χ0v) is 10.9. The Morgan fingerprint density at radius 3 is 2.44 bits per heavy atom. The number of nitrogens with two attached hydrogens (primary N) is 1. The molecule has 96 valence electrons. The third-order valence-electron chi connectivity index (χ3n) is 3.07. The summed E-state index contributed by atoms with van der Waals surface area (Å²) in [5, 5.41) is 1.03. The van der Waals surface area contributed by atoms with Crippen LogP contribution in [0, 0.1) is 0 Å². The molecular formula is C14H18N2O2. The molecule has 1 heterocycles. The minimum absolute atomic E-state index is 0.252. The van der Waals surface area contributed by atoms with Gasteiger partial charge in [-0.3, -0.25) is 4.98 Å². The summed E-state index contributed by atoms with van der Waals surface area (Å²) >= 11 is 0. The van der Waals surface area contributed by atoms with Crippen LogP contribution in [0.4, 0.5) is 0 Å². The Labute approximate surface area is 107 Å². The van der Waals surface area contributed by atoms with Crippen LogP contribution < -0.4 is 15.2 Å². The van der Waals surface area contributed by atoms with Crippen molar-refractivity contribution in [3.8, 4) is 11.5 Å². The van der Waals surface area contributed by atoms with E-state index in [1.54, 1.807) is 14.2 Å². The van der Waals surface area contributed by atoms with Crippen LogP contribution in [-0.4, -0.2) is 25.7 Å². The van der Waals surface area contributed by atoms with Gasteiger partial charge in [0.1, 0.15) is 0 Å². The Morgan fingerprint density at radius 2 is 1.83 bits per heavy atom. The van der Waals surface area contributed by atoms with Crippen molar-refractivity contribution in [2.75, 3.05) is 20.8 Å². The normalized spacial score (nSPS) is 12.4. The Kier molecular flexibility index (Phi) is 3.67. The summed E-state index contributed by atoms with van der Waals surface area (Å²) < 4.78 is 10.6. The number of rotatable bonds is 4. The third-order valence-corrected chi connectivity index (χ3v) is 3.07. The standard InChI is InChI=1S/C14H18N2O2/c1-9(8-15)11-5-4-10-6-13(17-2)14(18-3)7-12(10)16-11/h4-7,9H,8,15H2,1-3H3. The van der Waals surface area contributed by atoms with Crippen LogP contribution in [-0.2, 0) is 0 Å². The van der Waals surface area contributed by atoms with E-state index in [9.17, 15) is 0 Å². The van der Waals surface area contributed by atoms with E-state index in [1.165, 1.54) is 0 Å². The fraction of sp³-hybridized carbons (Fsp3) is 0.357. The van der Waals surface area contributed by atoms with E-state index in [0.717, 1.165) is 16.6 Å². The molecule has 1 aromatic carbocycles. The van der Waals surface area contributed by atoms with Gasteiger partial charge in [0.15, 0.2) is 11.5 Å². The summed E-state index contributed by atoms with van der Waals surface area (Å²) in [6.07, 6.45) is 0. The number of aromatic nitrogens is 1. The van der Waals surface area contributed by atoms with Crippen molar-refractivity contribution in [3.05, 3.63) is 30.0 Å². The predicted octanol–water partition coefficient (Wildman–Crippen LogP) is 2.31. The first-order valence-corrected chi connectivity index (χ1v) is 5.92. The van der Waals surface area contributed by atoms with Gasteiger partial charge in [-0.05, 0) is 12.1 Å². The maximum Gasteiger partial charge on any atom is 0.162 e. The van der Waals surface area contributed by atoms with Gasteiger partial charge in [0.25, 0.3) is 0 Å². The van der Waals surface area contributed by atoms with E-state index in [0.29, 0.717) is 18.0 Å². The maximum atomic E-state index is 5.67. The van der Waals surface area contributed by atoms with Gasteiger partial charge in [-0.25, -0.2) is 0 Å².